The van der Waals surface area contributed by atoms with E-state index in [2.05, 4.69) is 29.8 Å². The summed E-state index contributed by atoms with van der Waals surface area (Å²) in [5, 5.41) is 9.14. The summed E-state index contributed by atoms with van der Waals surface area (Å²) >= 11 is 3.44. The predicted octanol–water partition coefficient (Wildman–Crippen LogP) is 2.68. The third-order valence-corrected chi connectivity index (χ3v) is 4.18. The molecule has 1 saturated heterocycles. The Morgan fingerprint density at radius 1 is 1.47 bits per heavy atom. The number of likely N-dealkylation sites (tertiary alicyclic amines) is 1. The number of rotatable bonds is 3. The summed E-state index contributed by atoms with van der Waals surface area (Å²) in [5.41, 5.74) is 0.740. The molecule has 1 aromatic rings. The summed E-state index contributed by atoms with van der Waals surface area (Å²) in [6.07, 6.45) is 3.75. The molecule has 106 valence electrons. The van der Waals surface area contributed by atoms with Gasteiger partial charge in [-0.3, -0.25) is 4.79 Å². The summed E-state index contributed by atoms with van der Waals surface area (Å²) in [5.74, 6) is 0.448. The fourth-order valence-corrected chi connectivity index (χ4v) is 2.96. The van der Waals surface area contributed by atoms with Gasteiger partial charge in [-0.1, -0.05) is 0 Å². The predicted molar refractivity (Wildman–Crippen MR) is 78.2 cm³/mol. The first-order valence-electron chi connectivity index (χ1n) is 6.80. The average molecular weight is 329 g/mol. The highest BCUT2D eigenvalue weighted by Crippen LogP contribution is 2.23. The highest BCUT2D eigenvalue weighted by atomic mass is 79.9. The summed E-state index contributed by atoms with van der Waals surface area (Å²) in [6, 6.07) is 2.15. The molecule has 4 nitrogen and oxygen atoms in total. The number of aliphatic hydroxyl groups excluding tert-OH is 1. The number of hydrogen-bond donors (Lipinski definition) is 1. The minimum Gasteiger partial charge on any atom is -0.396 e. The number of carbonyl (C=O) groups excluding carboxylic acids is 1. The molecule has 1 aliphatic heterocycles. The molecule has 1 N–H and O–H groups in total. The van der Waals surface area contributed by atoms with E-state index in [1.807, 2.05) is 21.7 Å². The normalized spacial score (nSPS) is 17.2. The van der Waals surface area contributed by atoms with E-state index in [1.54, 1.807) is 0 Å². The lowest BCUT2D eigenvalue weighted by Crippen LogP contribution is -2.40. The first kappa shape index (κ1) is 14.6. The van der Waals surface area contributed by atoms with Gasteiger partial charge in [0.25, 0.3) is 5.91 Å². The first-order valence-corrected chi connectivity index (χ1v) is 7.59. The van der Waals surface area contributed by atoms with Crippen LogP contribution in [0, 0.1) is 5.92 Å². The molecule has 19 heavy (non-hydrogen) atoms. The highest BCUT2D eigenvalue weighted by molar-refractivity contribution is 9.10. The largest absolute Gasteiger partial charge is 0.396 e. The Hall–Kier alpha value is -0.810. The van der Waals surface area contributed by atoms with Crippen LogP contribution in [0.15, 0.2) is 16.7 Å². The van der Waals surface area contributed by atoms with Crippen molar-refractivity contribution in [2.75, 3.05) is 19.7 Å². The molecule has 2 rings (SSSR count). The van der Waals surface area contributed by atoms with Crippen molar-refractivity contribution >= 4 is 21.8 Å². The maximum atomic E-state index is 12.6. The van der Waals surface area contributed by atoms with Crippen molar-refractivity contribution < 1.29 is 9.90 Å². The molecule has 1 aliphatic rings. The molecule has 0 atom stereocenters. The molecule has 0 spiro atoms. The number of amides is 1. The standard InChI is InChI=1S/C14H21BrN2O2/c1-10(2)17-8-12(15)7-13(17)14(19)16-5-3-11(9-18)4-6-16/h7-8,10-11,18H,3-6,9H2,1-2H3. The van der Waals surface area contributed by atoms with Crippen LogP contribution >= 0.6 is 15.9 Å². The van der Waals surface area contributed by atoms with Crippen molar-refractivity contribution in [3.05, 3.63) is 22.4 Å². The molecule has 5 heteroatoms. The van der Waals surface area contributed by atoms with Gasteiger partial charge in [0.05, 0.1) is 0 Å². The molecule has 0 radical (unpaired) electrons. The second-order valence-corrected chi connectivity index (χ2v) is 6.38. The summed E-state index contributed by atoms with van der Waals surface area (Å²) in [7, 11) is 0. The molecule has 1 amide bonds. The van der Waals surface area contributed by atoms with Crippen LogP contribution in [-0.2, 0) is 0 Å². The molecule has 1 fully saturated rings. The number of hydrogen-bond acceptors (Lipinski definition) is 2. The monoisotopic (exact) mass is 328 g/mol. The second-order valence-electron chi connectivity index (χ2n) is 5.46. The number of carbonyl (C=O) groups is 1. The van der Waals surface area contributed by atoms with Crippen LogP contribution in [0.1, 0.15) is 43.2 Å². The van der Waals surface area contributed by atoms with E-state index < -0.39 is 0 Å². The zero-order chi connectivity index (χ0) is 14.0. The highest BCUT2D eigenvalue weighted by Gasteiger charge is 2.25. The number of halogens is 1. The Bertz CT molecular complexity index is 448. The number of aliphatic hydroxyl groups is 1. The van der Waals surface area contributed by atoms with Crippen LogP contribution in [-0.4, -0.2) is 40.2 Å². The zero-order valence-electron chi connectivity index (χ0n) is 11.5. The quantitative estimate of drug-likeness (QED) is 0.927. The fourth-order valence-electron chi connectivity index (χ4n) is 2.52. The van der Waals surface area contributed by atoms with Crippen molar-refractivity contribution in [1.82, 2.24) is 9.47 Å². The van der Waals surface area contributed by atoms with Crippen LogP contribution in [0.2, 0.25) is 0 Å². The topological polar surface area (TPSA) is 45.5 Å². The lowest BCUT2D eigenvalue weighted by molar-refractivity contribution is 0.0639. The molecular formula is C14H21BrN2O2. The lowest BCUT2D eigenvalue weighted by atomic mass is 9.98. The van der Waals surface area contributed by atoms with Gasteiger partial charge in [-0.25, -0.2) is 0 Å². The van der Waals surface area contributed by atoms with Gasteiger partial charge in [0.15, 0.2) is 0 Å². The molecular weight excluding hydrogens is 308 g/mol. The van der Waals surface area contributed by atoms with Crippen LogP contribution in [0.25, 0.3) is 0 Å². The van der Waals surface area contributed by atoms with Crippen molar-refractivity contribution in [1.29, 1.82) is 0 Å². The van der Waals surface area contributed by atoms with Gasteiger partial charge in [0.2, 0.25) is 0 Å². The van der Waals surface area contributed by atoms with Crippen LogP contribution in [0.3, 0.4) is 0 Å². The van der Waals surface area contributed by atoms with Crippen molar-refractivity contribution in [3.63, 3.8) is 0 Å². The summed E-state index contributed by atoms with van der Waals surface area (Å²) < 4.78 is 2.94. The van der Waals surface area contributed by atoms with Gasteiger partial charge in [0.1, 0.15) is 5.69 Å². The first-order chi connectivity index (χ1) is 9.02. The van der Waals surface area contributed by atoms with Crippen LogP contribution in [0.4, 0.5) is 0 Å². The molecule has 0 aromatic carbocycles. The summed E-state index contributed by atoms with van der Waals surface area (Å²) in [6.45, 7) is 5.86. The fraction of sp³-hybridized carbons (Fsp3) is 0.643. The van der Waals surface area contributed by atoms with Crippen molar-refractivity contribution in [3.8, 4) is 0 Å². The van der Waals surface area contributed by atoms with E-state index in [0.29, 0.717) is 5.92 Å². The Morgan fingerprint density at radius 3 is 2.63 bits per heavy atom. The SMILES string of the molecule is CC(C)n1cc(Br)cc1C(=O)N1CCC(CO)CC1. The number of nitrogens with zero attached hydrogens (tertiary/aromatic N) is 2. The second kappa shape index (κ2) is 6.09. The lowest BCUT2D eigenvalue weighted by Gasteiger charge is -2.31. The van der Waals surface area contributed by atoms with Gasteiger partial charge in [-0.05, 0) is 54.6 Å². The summed E-state index contributed by atoms with van der Waals surface area (Å²) in [4.78, 5) is 14.5. The van der Waals surface area contributed by atoms with Gasteiger partial charge in [0, 0.05) is 36.4 Å². The third-order valence-electron chi connectivity index (χ3n) is 3.75. The molecule has 0 bridgehead atoms. The Kier molecular flexibility index (Phi) is 4.68. The number of piperidine rings is 1. The van der Waals surface area contributed by atoms with Crippen molar-refractivity contribution in [2.24, 2.45) is 5.92 Å². The smallest absolute Gasteiger partial charge is 0.270 e. The van der Waals surface area contributed by atoms with E-state index in [-0.39, 0.29) is 18.6 Å². The average Bonchev–Trinajstić information content (AvgIpc) is 2.80. The van der Waals surface area contributed by atoms with Crippen LogP contribution in [0.5, 0.6) is 0 Å². The van der Waals surface area contributed by atoms with Crippen molar-refractivity contribution in [2.45, 2.75) is 32.7 Å². The molecule has 0 unspecified atom stereocenters. The maximum absolute atomic E-state index is 12.6. The molecule has 1 aromatic heterocycles. The Balaban J connectivity index is 2.12. The molecule has 0 saturated carbocycles. The minimum atomic E-state index is 0.0933. The van der Waals surface area contributed by atoms with Gasteiger partial charge in [-0.15, -0.1) is 0 Å². The zero-order valence-corrected chi connectivity index (χ0v) is 13.1. The number of aromatic nitrogens is 1. The van der Waals surface area contributed by atoms with E-state index >= 15 is 0 Å². The van der Waals surface area contributed by atoms with Gasteiger partial charge >= 0.3 is 0 Å². The van der Waals surface area contributed by atoms with E-state index in [9.17, 15) is 4.79 Å². The minimum absolute atomic E-state index is 0.0933. The molecule has 2 heterocycles. The van der Waals surface area contributed by atoms with Gasteiger partial charge < -0.3 is 14.6 Å². The van der Waals surface area contributed by atoms with E-state index in [0.717, 1.165) is 36.1 Å². The maximum Gasteiger partial charge on any atom is 0.270 e. The van der Waals surface area contributed by atoms with Gasteiger partial charge in [-0.2, -0.15) is 0 Å². The molecule has 0 aliphatic carbocycles. The third kappa shape index (κ3) is 3.20. The van der Waals surface area contributed by atoms with E-state index in [4.69, 9.17) is 5.11 Å². The van der Waals surface area contributed by atoms with Crippen LogP contribution < -0.4 is 0 Å². The Labute approximate surface area is 122 Å². The Morgan fingerprint density at radius 2 is 2.11 bits per heavy atom. The van der Waals surface area contributed by atoms with E-state index in [1.165, 1.54) is 0 Å².